The van der Waals surface area contributed by atoms with Crippen LogP contribution < -0.4 is 4.74 Å². The maximum atomic E-state index is 12.1. The number of esters is 1. The Kier molecular flexibility index (Phi) is 3.88. The molecule has 0 saturated carbocycles. The van der Waals surface area contributed by atoms with Crippen molar-refractivity contribution < 1.29 is 14.3 Å². The largest absolute Gasteiger partial charge is 0.497 e. The maximum absolute atomic E-state index is 12.1. The number of carbonyl (C=O) groups excluding carboxylic acids is 1. The van der Waals surface area contributed by atoms with Gasteiger partial charge in [0.05, 0.1) is 7.11 Å². The Hall–Kier alpha value is -2.33. The molecule has 0 spiro atoms. The number of fused-ring (bicyclic) bond motifs is 1. The molecular formula is C17H14O3S. The van der Waals surface area contributed by atoms with E-state index >= 15 is 0 Å². The van der Waals surface area contributed by atoms with Gasteiger partial charge in [0.15, 0.2) is 0 Å². The Bertz CT molecular complexity index is 726. The minimum Gasteiger partial charge on any atom is -0.497 e. The number of ether oxygens (including phenoxy) is 2. The molecule has 0 N–H and O–H groups in total. The van der Waals surface area contributed by atoms with Crippen molar-refractivity contribution in [2.24, 2.45) is 0 Å². The van der Waals surface area contributed by atoms with Crippen LogP contribution >= 0.6 is 11.3 Å². The highest BCUT2D eigenvalue weighted by atomic mass is 32.1. The number of rotatable bonds is 4. The average molecular weight is 298 g/mol. The molecular weight excluding hydrogens is 284 g/mol. The minimum atomic E-state index is -0.285. The van der Waals surface area contributed by atoms with Gasteiger partial charge < -0.3 is 9.47 Å². The van der Waals surface area contributed by atoms with Gasteiger partial charge in [-0.05, 0) is 35.2 Å². The van der Waals surface area contributed by atoms with Gasteiger partial charge in [-0.1, -0.05) is 30.3 Å². The second kappa shape index (κ2) is 5.97. The first-order valence-corrected chi connectivity index (χ1v) is 7.36. The molecule has 1 heterocycles. The molecule has 0 saturated heterocycles. The molecule has 0 aliphatic heterocycles. The third-order valence-electron chi connectivity index (χ3n) is 3.16. The summed E-state index contributed by atoms with van der Waals surface area (Å²) in [5.41, 5.74) is 0.935. The SMILES string of the molecule is COc1ccc(COC(=O)c2cc3ccccc3s2)cc1. The standard InChI is InChI=1S/C17H14O3S/c1-19-14-8-6-12(7-9-14)11-20-17(18)16-10-13-4-2-3-5-15(13)21-16/h2-10H,11H2,1H3. The lowest BCUT2D eigenvalue weighted by atomic mass is 10.2. The fourth-order valence-corrected chi connectivity index (χ4v) is 2.98. The average Bonchev–Trinajstić information content (AvgIpc) is 2.97. The molecule has 21 heavy (non-hydrogen) atoms. The van der Waals surface area contributed by atoms with E-state index in [0.29, 0.717) is 4.88 Å². The number of methoxy groups -OCH3 is 1. The second-order valence-corrected chi connectivity index (χ2v) is 5.66. The Morgan fingerprint density at radius 1 is 1.10 bits per heavy atom. The molecule has 0 aliphatic carbocycles. The summed E-state index contributed by atoms with van der Waals surface area (Å²) >= 11 is 1.45. The van der Waals surface area contributed by atoms with Crippen LogP contribution in [0.5, 0.6) is 5.75 Å². The van der Waals surface area contributed by atoms with Crippen molar-refractivity contribution in [1.29, 1.82) is 0 Å². The monoisotopic (exact) mass is 298 g/mol. The van der Waals surface area contributed by atoms with Gasteiger partial charge in [-0.25, -0.2) is 4.79 Å². The van der Waals surface area contributed by atoms with Gasteiger partial charge in [0, 0.05) is 4.70 Å². The van der Waals surface area contributed by atoms with E-state index in [1.807, 2.05) is 54.6 Å². The summed E-state index contributed by atoms with van der Waals surface area (Å²) in [7, 11) is 1.62. The first-order chi connectivity index (χ1) is 10.3. The van der Waals surface area contributed by atoms with Crippen LogP contribution in [0.1, 0.15) is 15.2 Å². The van der Waals surface area contributed by atoms with Crippen molar-refractivity contribution >= 4 is 27.4 Å². The topological polar surface area (TPSA) is 35.5 Å². The third kappa shape index (κ3) is 3.06. The lowest BCUT2D eigenvalue weighted by Gasteiger charge is -2.04. The van der Waals surface area contributed by atoms with Gasteiger partial charge in [-0.3, -0.25) is 0 Å². The summed E-state index contributed by atoms with van der Waals surface area (Å²) < 4.78 is 11.5. The molecule has 1 aromatic heterocycles. The van der Waals surface area contributed by atoms with E-state index in [4.69, 9.17) is 9.47 Å². The summed E-state index contributed by atoms with van der Waals surface area (Å²) in [5, 5.41) is 1.07. The molecule has 3 nitrogen and oxygen atoms in total. The molecule has 0 unspecified atom stereocenters. The van der Waals surface area contributed by atoms with Crippen LogP contribution in [0, 0.1) is 0 Å². The van der Waals surface area contributed by atoms with Gasteiger partial charge in [0.2, 0.25) is 0 Å². The van der Waals surface area contributed by atoms with Crippen molar-refractivity contribution in [3.63, 3.8) is 0 Å². The van der Waals surface area contributed by atoms with Gasteiger partial charge in [0.1, 0.15) is 17.2 Å². The predicted octanol–water partition coefficient (Wildman–Crippen LogP) is 4.27. The molecule has 0 bridgehead atoms. The zero-order valence-corrected chi connectivity index (χ0v) is 12.4. The number of benzene rings is 2. The van der Waals surface area contributed by atoms with Gasteiger partial charge in [-0.15, -0.1) is 11.3 Å². The van der Waals surface area contributed by atoms with Crippen molar-refractivity contribution in [2.45, 2.75) is 6.61 Å². The molecule has 2 aromatic carbocycles. The highest BCUT2D eigenvalue weighted by molar-refractivity contribution is 7.20. The lowest BCUT2D eigenvalue weighted by molar-refractivity contribution is 0.0478. The smallest absolute Gasteiger partial charge is 0.348 e. The molecule has 0 atom stereocenters. The number of hydrogen-bond donors (Lipinski definition) is 0. The molecule has 3 aromatic rings. The van der Waals surface area contributed by atoms with Crippen LogP contribution in [0.15, 0.2) is 54.6 Å². The molecule has 0 aliphatic rings. The first-order valence-electron chi connectivity index (χ1n) is 6.55. The highest BCUT2D eigenvalue weighted by Gasteiger charge is 2.11. The van der Waals surface area contributed by atoms with Gasteiger partial charge >= 0.3 is 5.97 Å². The van der Waals surface area contributed by atoms with Gasteiger partial charge in [0.25, 0.3) is 0 Å². The molecule has 0 amide bonds. The van der Waals surface area contributed by atoms with Crippen LogP contribution in [0.3, 0.4) is 0 Å². The zero-order valence-electron chi connectivity index (χ0n) is 11.5. The molecule has 0 radical (unpaired) electrons. The van der Waals surface area contributed by atoms with Crippen LogP contribution in [0.25, 0.3) is 10.1 Å². The number of thiophene rings is 1. The van der Waals surface area contributed by atoms with Crippen LogP contribution in [-0.2, 0) is 11.3 Å². The predicted molar refractivity (Wildman–Crippen MR) is 83.9 cm³/mol. The van der Waals surface area contributed by atoms with Crippen molar-refractivity contribution in [1.82, 2.24) is 0 Å². The number of hydrogen-bond acceptors (Lipinski definition) is 4. The summed E-state index contributed by atoms with van der Waals surface area (Å²) in [6.07, 6.45) is 0. The number of carbonyl (C=O) groups is 1. The van der Waals surface area contributed by atoms with Gasteiger partial charge in [-0.2, -0.15) is 0 Å². The van der Waals surface area contributed by atoms with E-state index in [0.717, 1.165) is 21.4 Å². The highest BCUT2D eigenvalue weighted by Crippen LogP contribution is 2.26. The summed E-state index contributed by atoms with van der Waals surface area (Å²) in [6, 6.07) is 17.3. The quantitative estimate of drug-likeness (QED) is 0.675. The van der Waals surface area contributed by atoms with Crippen molar-refractivity contribution in [3.05, 3.63) is 65.0 Å². The van der Waals surface area contributed by atoms with E-state index in [-0.39, 0.29) is 12.6 Å². The second-order valence-electron chi connectivity index (χ2n) is 4.57. The van der Waals surface area contributed by atoms with E-state index in [2.05, 4.69) is 0 Å². The maximum Gasteiger partial charge on any atom is 0.348 e. The normalized spacial score (nSPS) is 10.5. The summed E-state index contributed by atoms with van der Waals surface area (Å²) in [4.78, 5) is 12.7. The summed E-state index contributed by atoms with van der Waals surface area (Å²) in [5.74, 6) is 0.501. The molecule has 3 rings (SSSR count). The van der Waals surface area contributed by atoms with E-state index in [9.17, 15) is 4.79 Å². The first kappa shape index (κ1) is 13.6. The minimum absolute atomic E-state index is 0.261. The Labute approximate surface area is 126 Å². The van der Waals surface area contributed by atoms with Crippen LogP contribution in [0.4, 0.5) is 0 Å². The zero-order chi connectivity index (χ0) is 14.7. The van der Waals surface area contributed by atoms with E-state index in [1.54, 1.807) is 7.11 Å². The van der Waals surface area contributed by atoms with E-state index in [1.165, 1.54) is 11.3 Å². The fraction of sp³-hybridized carbons (Fsp3) is 0.118. The lowest BCUT2D eigenvalue weighted by Crippen LogP contribution is -2.02. The Morgan fingerprint density at radius 3 is 2.57 bits per heavy atom. The van der Waals surface area contributed by atoms with Crippen molar-refractivity contribution in [2.75, 3.05) is 7.11 Å². The van der Waals surface area contributed by atoms with Crippen LogP contribution in [-0.4, -0.2) is 13.1 Å². The Morgan fingerprint density at radius 2 is 1.86 bits per heavy atom. The molecule has 106 valence electrons. The molecule has 4 heteroatoms. The Balaban J connectivity index is 1.68. The van der Waals surface area contributed by atoms with E-state index < -0.39 is 0 Å². The fourth-order valence-electron chi connectivity index (χ4n) is 2.02. The molecule has 0 fully saturated rings. The third-order valence-corrected chi connectivity index (χ3v) is 4.25. The summed E-state index contributed by atoms with van der Waals surface area (Å²) in [6.45, 7) is 0.261. The van der Waals surface area contributed by atoms with Crippen LogP contribution in [0.2, 0.25) is 0 Å². The van der Waals surface area contributed by atoms with Crippen molar-refractivity contribution in [3.8, 4) is 5.75 Å².